The molecule has 2 fully saturated rings. The van der Waals surface area contributed by atoms with Crippen LogP contribution in [0, 0.1) is 26.9 Å². The number of non-ortho nitro benzene ring substituents is 1. The fourth-order valence-corrected chi connectivity index (χ4v) is 4.19. The molecule has 24 heavy (non-hydrogen) atoms. The molecule has 0 spiro atoms. The number of amides is 1. The molecule has 0 aliphatic heterocycles. The van der Waals surface area contributed by atoms with Gasteiger partial charge in [0, 0.05) is 23.3 Å². The van der Waals surface area contributed by atoms with Gasteiger partial charge < -0.3 is 0 Å². The Morgan fingerprint density at radius 2 is 2.00 bits per heavy atom. The maximum Gasteiger partial charge on any atom is 0.269 e. The average Bonchev–Trinajstić information content (AvgIpc) is 2.86. The molecule has 0 saturated heterocycles. The fourth-order valence-electron chi connectivity index (χ4n) is 4.19. The molecular weight excluding hydrogens is 306 g/mol. The van der Waals surface area contributed by atoms with Gasteiger partial charge in [0.15, 0.2) is 0 Å². The summed E-state index contributed by atoms with van der Waals surface area (Å²) in [6.45, 7) is 6.85. The van der Waals surface area contributed by atoms with Gasteiger partial charge in [-0.3, -0.25) is 14.9 Å². The van der Waals surface area contributed by atoms with Crippen LogP contribution in [0.5, 0.6) is 0 Å². The standard InChI is InChI=1S/C18H23N3O3/c1-17(2)13-8-9-18(17,3)15(11-13)19-20-16(22)10-12-4-6-14(7-5-12)21(23)24/h4-7,13H,8-11H2,1-3H3,(H,20,22)/b19-15+/t13-,18-/m1/s1. The van der Waals surface area contributed by atoms with Crippen LogP contribution in [0.4, 0.5) is 5.69 Å². The Labute approximate surface area is 141 Å². The van der Waals surface area contributed by atoms with Crippen molar-refractivity contribution in [3.8, 4) is 0 Å². The van der Waals surface area contributed by atoms with Gasteiger partial charge in [-0.2, -0.15) is 5.10 Å². The van der Waals surface area contributed by atoms with E-state index in [1.807, 2.05) is 0 Å². The number of benzene rings is 1. The molecule has 6 heteroatoms. The minimum atomic E-state index is -0.451. The van der Waals surface area contributed by atoms with E-state index in [0.29, 0.717) is 5.92 Å². The highest BCUT2D eigenvalue weighted by Gasteiger charge is 2.59. The molecule has 128 valence electrons. The molecule has 0 unspecified atom stereocenters. The van der Waals surface area contributed by atoms with Crippen molar-refractivity contribution >= 4 is 17.3 Å². The lowest BCUT2D eigenvalue weighted by molar-refractivity contribution is -0.384. The predicted octanol–water partition coefficient (Wildman–Crippen LogP) is 3.46. The number of carbonyl (C=O) groups is 1. The Morgan fingerprint density at radius 1 is 1.33 bits per heavy atom. The Hall–Kier alpha value is -2.24. The summed E-state index contributed by atoms with van der Waals surface area (Å²) in [5.74, 6) is 0.452. The number of fused-ring (bicyclic) bond motifs is 2. The summed E-state index contributed by atoms with van der Waals surface area (Å²) >= 11 is 0. The number of nitrogens with one attached hydrogen (secondary N) is 1. The number of nitro groups is 1. The van der Waals surface area contributed by atoms with Crippen molar-refractivity contribution in [3.63, 3.8) is 0 Å². The fraction of sp³-hybridized carbons (Fsp3) is 0.556. The molecular formula is C18H23N3O3. The minimum absolute atomic E-state index is 0.0246. The van der Waals surface area contributed by atoms with Crippen LogP contribution in [0.2, 0.25) is 0 Å². The summed E-state index contributed by atoms with van der Waals surface area (Å²) in [7, 11) is 0. The molecule has 2 saturated carbocycles. The summed E-state index contributed by atoms with van der Waals surface area (Å²) in [5, 5.41) is 15.1. The number of carbonyl (C=O) groups excluding carboxylic acids is 1. The van der Waals surface area contributed by atoms with Crippen molar-refractivity contribution in [2.45, 2.75) is 46.5 Å². The largest absolute Gasteiger partial charge is 0.273 e. The second kappa shape index (κ2) is 5.69. The number of nitro benzene ring substituents is 1. The van der Waals surface area contributed by atoms with E-state index in [2.05, 4.69) is 31.3 Å². The van der Waals surface area contributed by atoms with Gasteiger partial charge in [0.2, 0.25) is 5.91 Å². The van der Waals surface area contributed by atoms with Gasteiger partial charge in [-0.1, -0.05) is 32.9 Å². The van der Waals surface area contributed by atoms with E-state index < -0.39 is 4.92 Å². The van der Waals surface area contributed by atoms with Gasteiger partial charge in [0.1, 0.15) is 0 Å². The van der Waals surface area contributed by atoms with E-state index in [-0.39, 0.29) is 28.8 Å². The topological polar surface area (TPSA) is 84.6 Å². The zero-order valence-corrected chi connectivity index (χ0v) is 14.3. The van der Waals surface area contributed by atoms with Gasteiger partial charge in [-0.05, 0) is 36.2 Å². The number of rotatable bonds is 4. The van der Waals surface area contributed by atoms with Crippen LogP contribution < -0.4 is 5.43 Å². The first-order valence-corrected chi connectivity index (χ1v) is 8.33. The second-order valence-corrected chi connectivity index (χ2v) is 7.69. The molecule has 1 N–H and O–H groups in total. The normalized spacial score (nSPS) is 29.0. The Bertz CT molecular complexity index is 709. The van der Waals surface area contributed by atoms with Crippen molar-refractivity contribution in [2.75, 3.05) is 0 Å². The number of hydrogen-bond donors (Lipinski definition) is 1. The average molecular weight is 329 g/mol. The molecule has 0 radical (unpaired) electrons. The highest BCUT2D eigenvalue weighted by atomic mass is 16.6. The monoisotopic (exact) mass is 329 g/mol. The molecule has 2 aliphatic carbocycles. The molecule has 2 aliphatic rings. The lowest BCUT2D eigenvalue weighted by Crippen LogP contribution is -2.34. The van der Waals surface area contributed by atoms with Gasteiger partial charge in [0.25, 0.3) is 5.69 Å². The first kappa shape index (κ1) is 16.6. The Balaban J connectivity index is 1.63. The Morgan fingerprint density at radius 3 is 2.50 bits per heavy atom. The molecule has 2 atom stereocenters. The van der Waals surface area contributed by atoms with E-state index in [1.54, 1.807) is 12.1 Å². The zero-order chi connectivity index (χ0) is 17.5. The molecule has 3 rings (SSSR count). The second-order valence-electron chi connectivity index (χ2n) is 7.69. The van der Waals surface area contributed by atoms with Crippen molar-refractivity contribution in [2.24, 2.45) is 21.8 Å². The van der Waals surface area contributed by atoms with Crippen molar-refractivity contribution in [3.05, 3.63) is 39.9 Å². The molecule has 1 aromatic rings. The first-order chi connectivity index (χ1) is 11.2. The highest BCUT2D eigenvalue weighted by molar-refractivity contribution is 5.95. The van der Waals surface area contributed by atoms with Gasteiger partial charge in [-0.25, -0.2) is 5.43 Å². The molecule has 2 bridgehead atoms. The SMILES string of the molecule is CC1(C)[C@@H]2CC[C@]1(C)/C(=N/NC(=O)Cc1ccc([N+](=O)[O-])cc1)C2. The van der Waals surface area contributed by atoms with Crippen LogP contribution >= 0.6 is 0 Å². The predicted molar refractivity (Wildman–Crippen MR) is 91.6 cm³/mol. The molecule has 0 aromatic heterocycles. The lowest BCUT2D eigenvalue weighted by atomic mass is 9.70. The smallest absolute Gasteiger partial charge is 0.269 e. The van der Waals surface area contributed by atoms with Crippen molar-refractivity contribution in [1.82, 2.24) is 5.43 Å². The van der Waals surface area contributed by atoms with E-state index in [0.717, 1.165) is 24.1 Å². The summed E-state index contributed by atoms with van der Waals surface area (Å²) in [5.41, 5.74) is 4.83. The van der Waals surface area contributed by atoms with Crippen LogP contribution in [0.15, 0.2) is 29.4 Å². The van der Waals surface area contributed by atoms with Crippen LogP contribution in [-0.4, -0.2) is 16.5 Å². The Kier molecular flexibility index (Phi) is 3.94. The minimum Gasteiger partial charge on any atom is -0.273 e. The molecule has 0 heterocycles. The van der Waals surface area contributed by atoms with Crippen LogP contribution in [-0.2, 0) is 11.2 Å². The summed E-state index contributed by atoms with van der Waals surface area (Å²) < 4.78 is 0. The summed E-state index contributed by atoms with van der Waals surface area (Å²) in [6.07, 6.45) is 3.49. The number of nitrogens with zero attached hydrogens (tertiary/aromatic N) is 2. The maximum absolute atomic E-state index is 12.1. The van der Waals surface area contributed by atoms with Gasteiger partial charge >= 0.3 is 0 Å². The van der Waals surface area contributed by atoms with E-state index in [1.165, 1.54) is 18.6 Å². The van der Waals surface area contributed by atoms with Gasteiger partial charge in [-0.15, -0.1) is 0 Å². The van der Waals surface area contributed by atoms with Gasteiger partial charge in [0.05, 0.1) is 11.3 Å². The van der Waals surface area contributed by atoms with Crippen molar-refractivity contribution < 1.29 is 9.72 Å². The highest BCUT2D eigenvalue weighted by Crippen LogP contribution is 2.63. The van der Waals surface area contributed by atoms with Crippen molar-refractivity contribution in [1.29, 1.82) is 0 Å². The van der Waals surface area contributed by atoms with E-state index in [9.17, 15) is 14.9 Å². The molecule has 1 aromatic carbocycles. The zero-order valence-electron chi connectivity index (χ0n) is 14.3. The van der Waals surface area contributed by atoms with Crippen LogP contribution in [0.1, 0.15) is 45.6 Å². The summed E-state index contributed by atoms with van der Waals surface area (Å²) in [4.78, 5) is 22.3. The molecule has 1 amide bonds. The first-order valence-electron chi connectivity index (χ1n) is 8.33. The summed E-state index contributed by atoms with van der Waals surface area (Å²) in [6, 6.07) is 6.03. The third kappa shape index (κ3) is 2.60. The number of hydrazone groups is 1. The number of hydrogen-bond acceptors (Lipinski definition) is 4. The van der Waals surface area contributed by atoms with Crippen LogP contribution in [0.3, 0.4) is 0 Å². The third-order valence-electron chi connectivity index (χ3n) is 6.34. The third-order valence-corrected chi connectivity index (χ3v) is 6.34. The quantitative estimate of drug-likeness (QED) is 0.678. The van der Waals surface area contributed by atoms with E-state index in [4.69, 9.17) is 0 Å². The van der Waals surface area contributed by atoms with Crippen LogP contribution in [0.25, 0.3) is 0 Å². The lowest BCUT2D eigenvalue weighted by Gasteiger charge is -2.34. The maximum atomic E-state index is 12.1. The molecule has 6 nitrogen and oxygen atoms in total. The van der Waals surface area contributed by atoms with E-state index >= 15 is 0 Å².